The molecule has 1 amide bonds. The smallest absolute Gasteiger partial charge is 0.251 e. The second-order valence-corrected chi connectivity index (χ2v) is 5.89. The number of aromatic nitrogens is 3. The molecule has 0 saturated carbocycles. The summed E-state index contributed by atoms with van der Waals surface area (Å²) in [5, 5.41) is 10.8. The summed E-state index contributed by atoms with van der Waals surface area (Å²) in [6.07, 6.45) is 1.63. The first kappa shape index (κ1) is 18.6. The number of nitrogens with one attached hydrogen (secondary N) is 1. The molecule has 0 saturated heterocycles. The average molecular weight is 366 g/mol. The van der Waals surface area contributed by atoms with Crippen molar-refractivity contribution >= 4 is 5.91 Å². The molecule has 0 aliphatic rings. The van der Waals surface area contributed by atoms with Gasteiger partial charge in [0.25, 0.3) is 5.91 Å². The highest BCUT2D eigenvalue weighted by Gasteiger charge is 2.10. The lowest BCUT2D eigenvalue weighted by Gasteiger charge is -2.10. The van der Waals surface area contributed by atoms with Gasteiger partial charge in [0.2, 0.25) is 0 Å². The molecule has 0 unspecified atom stereocenters. The van der Waals surface area contributed by atoms with E-state index < -0.39 is 0 Å². The number of hydrogen-bond donors (Lipinski definition) is 1. The van der Waals surface area contributed by atoms with E-state index in [0.717, 1.165) is 16.9 Å². The zero-order valence-electron chi connectivity index (χ0n) is 15.4. The van der Waals surface area contributed by atoms with Gasteiger partial charge >= 0.3 is 0 Å². The number of carbonyl (C=O) groups excluding carboxylic acids is 1. The van der Waals surface area contributed by atoms with Crippen molar-refractivity contribution in [2.75, 3.05) is 20.8 Å². The minimum absolute atomic E-state index is 0.164. The van der Waals surface area contributed by atoms with Crippen LogP contribution >= 0.6 is 0 Å². The third-order valence-electron chi connectivity index (χ3n) is 4.20. The number of ether oxygens (including phenoxy) is 2. The summed E-state index contributed by atoms with van der Waals surface area (Å²) in [5.74, 6) is 1.32. The van der Waals surface area contributed by atoms with Gasteiger partial charge in [-0.1, -0.05) is 30.3 Å². The Balaban J connectivity index is 1.65. The number of para-hydroxylation sites is 1. The molecule has 0 fully saturated rings. The van der Waals surface area contributed by atoms with Gasteiger partial charge < -0.3 is 19.4 Å². The SMILES string of the molecule is COCCn1cnnc1CNC(=O)c1ccc(-c2ccccc2OC)cc1. The van der Waals surface area contributed by atoms with E-state index in [2.05, 4.69) is 15.5 Å². The van der Waals surface area contributed by atoms with Crippen molar-refractivity contribution < 1.29 is 14.3 Å². The molecule has 140 valence electrons. The van der Waals surface area contributed by atoms with Crippen LogP contribution in [-0.4, -0.2) is 41.5 Å². The lowest BCUT2D eigenvalue weighted by molar-refractivity contribution is 0.0949. The summed E-state index contributed by atoms with van der Waals surface area (Å²) >= 11 is 0. The molecular weight excluding hydrogens is 344 g/mol. The fourth-order valence-electron chi connectivity index (χ4n) is 2.74. The molecule has 3 rings (SSSR count). The van der Waals surface area contributed by atoms with E-state index in [1.807, 2.05) is 41.0 Å². The maximum absolute atomic E-state index is 12.4. The van der Waals surface area contributed by atoms with Crippen LogP contribution < -0.4 is 10.1 Å². The number of nitrogens with zero attached hydrogens (tertiary/aromatic N) is 3. The van der Waals surface area contributed by atoms with Crippen LogP contribution in [0.3, 0.4) is 0 Å². The molecule has 1 aromatic heterocycles. The Kier molecular flexibility index (Phi) is 6.17. The average Bonchev–Trinajstić information content (AvgIpc) is 3.17. The number of benzene rings is 2. The number of hydrogen-bond acceptors (Lipinski definition) is 5. The normalized spacial score (nSPS) is 10.6. The van der Waals surface area contributed by atoms with Crippen LogP contribution in [-0.2, 0) is 17.8 Å². The molecule has 0 bridgehead atoms. The molecule has 0 atom stereocenters. The van der Waals surface area contributed by atoms with E-state index in [1.54, 1.807) is 32.7 Å². The van der Waals surface area contributed by atoms with Gasteiger partial charge in [0.15, 0.2) is 5.82 Å². The molecule has 27 heavy (non-hydrogen) atoms. The topological polar surface area (TPSA) is 78.3 Å². The highest BCUT2D eigenvalue weighted by atomic mass is 16.5. The summed E-state index contributed by atoms with van der Waals surface area (Å²) in [6, 6.07) is 15.2. The molecule has 7 nitrogen and oxygen atoms in total. The molecule has 2 aromatic carbocycles. The first-order valence-electron chi connectivity index (χ1n) is 8.60. The minimum Gasteiger partial charge on any atom is -0.496 e. The van der Waals surface area contributed by atoms with Gasteiger partial charge in [-0.25, -0.2) is 0 Å². The number of rotatable bonds is 8. The van der Waals surface area contributed by atoms with Crippen molar-refractivity contribution in [3.63, 3.8) is 0 Å². The monoisotopic (exact) mass is 366 g/mol. The van der Waals surface area contributed by atoms with Crippen LogP contribution in [0.15, 0.2) is 54.9 Å². The zero-order valence-corrected chi connectivity index (χ0v) is 15.4. The summed E-state index contributed by atoms with van der Waals surface area (Å²) < 4.78 is 12.3. The molecule has 1 N–H and O–H groups in total. The van der Waals surface area contributed by atoms with Crippen molar-refractivity contribution in [3.05, 3.63) is 66.2 Å². The molecule has 0 radical (unpaired) electrons. The standard InChI is InChI=1S/C20H22N4O3/c1-26-12-11-24-14-22-23-19(24)13-21-20(25)16-9-7-15(8-10-16)17-5-3-4-6-18(17)27-2/h3-10,14H,11-13H2,1-2H3,(H,21,25). The Hall–Kier alpha value is -3.19. The molecular formula is C20H22N4O3. The highest BCUT2D eigenvalue weighted by molar-refractivity contribution is 5.94. The van der Waals surface area contributed by atoms with Gasteiger partial charge in [0, 0.05) is 24.8 Å². The highest BCUT2D eigenvalue weighted by Crippen LogP contribution is 2.29. The first-order valence-corrected chi connectivity index (χ1v) is 8.60. The molecule has 0 aliphatic carbocycles. The van der Waals surface area contributed by atoms with Gasteiger partial charge in [0.05, 0.1) is 20.3 Å². The summed E-state index contributed by atoms with van der Waals surface area (Å²) in [5.41, 5.74) is 2.55. The summed E-state index contributed by atoms with van der Waals surface area (Å²) in [7, 11) is 3.28. The number of amides is 1. The molecule has 0 aliphatic heterocycles. The first-order chi connectivity index (χ1) is 13.2. The zero-order chi connectivity index (χ0) is 19.1. The molecule has 7 heteroatoms. The minimum atomic E-state index is -0.164. The predicted octanol–water partition coefficient (Wildman–Crippen LogP) is 2.53. The van der Waals surface area contributed by atoms with E-state index >= 15 is 0 Å². The predicted molar refractivity (Wildman–Crippen MR) is 101 cm³/mol. The molecule has 3 aromatic rings. The van der Waals surface area contributed by atoms with Gasteiger partial charge in [-0.3, -0.25) is 4.79 Å². The van der Waals surface area contributed by atoms with Gasteiger partial charge in [-0.05, 0) is 23.8 Å². The van der Waals surface area contributed by atoms with Gasteiger partial charge in [-0.15, -0.1) is 10.2 Å². The van der Waals surface area contributed by atoms with Crippen LogP contribution in [0, 0.1) is 0 Å². The van der Waals surface area contributed by atoms with Gasteiger partial charge in [0.1, 0.15) is 12.1 Å². The van der Waals surface area contributed by atoms with Crippen molar-refractivity contribution in [2.45, 2.75) is 13.1 Å². The van der Waals surface area contributed by atoms with Gasteiger partial charge in [-0.2, -0.15) is 0 Å². The van der Waals surface area contributed by atoms with E-state index in [0.29, 0.717) is 31.1 Å². The lowest BCUT2D eigenvalue weighted by atomic mass is 10.0. The van der Waals surface area contributed by atoms with E-state index in [9.17, 15) is 4.79 Å². The van der Waals surface area contributed by atoms with Crippen molar-refractivity contribution in [1.29, 1.82) is 0 Å². The third kappa shape index (κ3) is 4.51. The van der Waals surface area contributed by atoms with E-state index in [-0.39, 0.29) is 5.91 Å². The van der Waals surface area contributed by atoms with Crippen molar-refractivity contribution in [2.24, 2.45) is 0 Å². The number of carbonyl (C=O) groups is 1. The summed E-state index contributed by atoms with van der Waals surface area (Å²) in [6.45, 7) is 1.50. The second-order valence-electron chi connectivity index (χ2n) is 5.89. The molecule has 0 spiro atoms. The Morgan fingerprint density at radius 3 is 2.63 bits per heavy atom. The van der Waals surface area contributed by atoms with Crippen molar-refractivity contribution in [1.82, 2.24) is 20.1 Å². The maximum Gasteiger partial charge on any atom is 0.251 e. The largest absolute Gasteiger partial charge is 0.496 e. The quantitative estimate of drug-likeness (QED) is 0.663. The molecule has 1 heterocycles. The lowest BCUT2D eigenvalue weighted by Crippen LogP contribution is -2.25. The fourth-order valence-corrected chi connectivity index (χ4v) is 2.74. The second kappa shape index (κ2) is 8.95. The Labute approximate surface area is 158 Å². The van der Waals surface area contributed by atoms with Crippen LogP contribution in [0.4, 0.5) is 0 Å². The Bertz CT molecular complexity index is 890. The summed E-state index contributed by atoms with van der Waals surface area (Å²) in [4.78, 5) is 12.4. The Morgan fingerprint density at radius 2 is 1.89 bits per heavy atom. The van der Waals surface area contributed by atoms with Crippen molar-refractivity contribution in [3.8, 4) is 16.9 Å². The van der Waals surface area contributed by atoms with Crippen LogP contribution in [0.2, 0.25) is 0 Å². The van der Waals surface area contributed by atoms with Crippen LogP contribution in [0.5, 0.6) is 5.75 Å². The maximum atomic E-state index is 12.4. The number of methoxy groups -OCH3 is 2. The van der Waals surface area contributed by atoms with Crippen LogP contribution in [0.25, 0.3) is 11.1 Å². The van der Waals surface area contributed by atoms with E-state index in [1.165, 1.54) is 0 Å². The third-order valence-corrected chi connectivity index (χ3v) is 4.20. The fraction of sp³-hybridized carbons (Fsp3) is 0.250. The van der Waals surface area contributed by atoms with E-state index in [4.69, 9.17) is 9.47 Å². The Morgan fingerprint density at radius 1 is 1.11 bits per heavy atom. The van der Waals surface area contributed by atoms with Crippen LogP contribution in [0.1, 0.15) is 16.2 Å².